The molecular weight excluding hydrogens is 320 g/mol. The number of benzene rings is 1. The third-order valence-corrected chi connectivity index (χ3v) is 4.43. The van der Waals surface area contributed by atoms with Crippen molar-refractivity contribution in [1.29, 1.82) is 0 Å². The van der Waals surface area contributed by atoms with E-state index in [9.17, 15) is 14.4 Å². The maximum absolute atomic E-state index is 12.4. The van der Waals surface area contributed by atoms with E-state index in [1.807, 2.05) is 0 Å². The zero-order chi connectivity index (χ0) is 18.2. The molecule has 0 atom stereocenters. The molecule has 0 aromatic heterocycles. The zero-order valence-corrected chi connectivity index (χ0v) is 14.9. The summed E-state index contributed by atoms with van der Waals surface area (Å²) < 4.78 is 5.01. The molecule has 0 aliphatic heterocycles. The van der Waals surface area contributed by atoms with E-state index in [0.717, 1.165) is 25.7 Å². The van der Waals surface area contributed by atoms with Crippen LogP contribution in [0, 0.1) is 0 Å². The van der Waals surface area contributed by atoms with Crippen molar-refractivity contribution in [2.24, 2.45) is 0 Å². The maximum Gasteiger partial charge on any atom is 0.340 e. The lowest BCUT2D eigenvalue weighted by molar-refractivity contribution is -0.135. The van der Waals surface area contributed by atoms with Crippen molar-refractivity contribution in [2.75, 3.05) is 18.5 Å². The molecule has 25 heavy (non-hydrogen) atoms. The number of hydrogen-bond donors (Lipinski definition) is 1. The summed E-state index contributed by atoms with van der Waals surface area (Å²) >= 11 is 0. The smallest absolute Gasteiger partial charge is 0.340 e. The van der Waals surface area contributed by atoms with Crippen LogP contribution in [0.3, 0.4) is 0 Å². The third-order valence-electron chi connectivity index (χ3n) is 4.43. The minimum absolute atomic E-state index is 0.00282. The van der Waals surface area contributed by atoms with Crippen LogP contribution in [0.1, 0.15) is 56.3 Å². The first-order valence-corrected chi connectivity index (χ1v) is 8.86. The van der Waals surface area contributed by atoms with E-state index in [1.54, 1.807) is 36.1 Å². The summed E-state index contributed by atoms with van der Waals surface area (Å²) in [6.07, 6.45) is 5.23. The highest BCUT2D eigenvalue weighted by Crippen LogP contribution is 2.23. The summed E-state index contributed by atoms with van der Waals surface area (Å²) in [7, 11) is 0. The van der Waals surface area contributed by atoms with Crippen molar-refractivity contribution in [3.63, 3.8) is 0 Å². The van der Waals surface area contributed by atoms with Crippen LogP contribution in [-0.2, 0) is 14.3 Å². The van der Waals surface area contributed by atoms with Crippen molar-refractivity contribution in [1.82, 2.24) is 4.90 Å². The molecule has 6 nitrogen and oxygen atoms in total. The second-order valence-electron chi connectivity index (χ2n) is 6.25. The van der Waals surface area contributed by atoms with E-state index < -0.39 is 5.97 Å². The number of anilines is 1. The van der Waals surface area contributed by atoms with Gasteiger partial charge in [-0.25, -0.2) is 4.79 Å². The molecule has 1 fully saturated rings. The van der Waals surface area contributed by atoms with E-state index in [-0.39, 0.29) is 31.0 Å². The van der Waals surface area contributed by atoms with Crippen LogP contribution in [0.15, 0.2) is 24.3 Å². The lowest BCUT2D eigenvalue weighted by Gasteiger charge is -2.33. The Bertz CT molecular complexity index is 624. The predicted molar refractivity (Wildman–Crippen MR) is 95.3 cm³/mol. The van der Waals surface area contributed by atoms with Gasteiger partial charge in [-0.3, -0.25) is 9.59 Å². The first-order chi connectivity index (χ1) is 12.0. The molecule has 1 aromatic rings. The Morgan fingerprint density at radius 2 is 1.84 bits per heavy atom. The molecule has 2 rings (SSSR count). The number of esters is 1. The molecule has 1 saturated carbocycles. The highest BCUT2D eigenvalue weighted by atomic mass is 16.5. The van der Waals surface area contributed by atoms with Gasteiger partial charge >= 0.3 is 5.97 Å². The average molecular weight is 346 g/mol. The SMILES string of the molecule is CCOC(=O)c1ccccc1NC(=O)CN(C(C)=O)C1CCCCC1. The molecular formula is C19H26N2O4. The van der Waals surface area contributed by atoms with Gasteiger partial charge in [0.25, 0.3) is 0 Å². The number of para-hydroxylation sites is 1. The van der Waals surface area contributed by atoms with Crippen LogP contribution >= 0.6 is 0 Å². The highest BCUT2D eigenvalue weighted by molar-refractivity contribution is 6.02. The maximum atomic E-state index is 12.4. The molecule has 0 radical (unpaired) electrons. The van der Waals surface area contributed by atoms with Gasteiger partial charge in [-0.1, -0.05) is 31.4 Å². The van der Waals surface area contributed by atoms with Crippen LogP contribution in [0.2, 0.25) is 0 Å². The average Bonchev–Trinajstić information content (AvgIpc) is 2.61. The number of carbonyl (C=O) groups excluding carboxylic acids is 3. The monoisotopic (exact) mass is 346 g/mol. The van der Waals surface area contributed by atoms with Crippen LogP contribution in [-0.4, -0.2) is 41.9 Å². The Morgan fingerprint density at radius 3 is 2.48 bits per heavy atom. The Morgan fingerprint density at radius 1 is 1.16 bits per heavy atom. The molecule has 136 valence electrons. The van der Waals surface area contributed by atoms with Gasteiger partial charge in [0.2, 0.25) is 11.8 Å². The summed E-state index contributed by atoms with van der Waals surface area (Å²) in [4.78, 5) is 38.0. The molecule has 0 heterocycles. The van der Waals surface area contributed by atoms with Crippen molar-refractivity contribution >= 4 is 23.5 Å². The zero-order valence-electron chi connectivity index (χ0n) is 14.9. The van der Waals surface area contributed by atoms with Gasteiger partial charge in [-0.05, 0) is 31.9 Å². The summed E-state index contributed by atoms with van der Waals surface area (Å²) in [5.41, 5.74) is 0.711. The Hall–Kier alpha value is -2.37. The van der Waals surface area contributed by atoms with Crippen LogP contribution in [0.5, 0.6) is 0 Å². The first-order valence-electron chi connectivity index (χ1n) is 8.86. The second-order valence-corrected chi connectivity index (χ2v) is 6.25. The fourth-order valence-electron chi connectivity index (χ4n) is 3.21. The number of nitrogens with zero attached hydrogens (tertiary/aromatic N) is 1. The predicted octanol–water partition coefficient (Wildman–Crippen LogP) is 2.98. The van der Waals surface area contributed by atoms with E-state index >= 15 is 0 Å². The molecule has 1 N–H and O–H groups in total. The second kappa shape index (κ2) is 9.20. The van der Waals surface area contributed by atoms with Crippen molar-refractivity contribution in [3.05, 3.63) is 29.8 Å². The quantitative estimate of drug-likeness (QED) is 0.804. The lowest BCUT2D eigenvalue weighted by Crippen LogP contribution is -2.44. The third kappa shape index (κ3) is 5.31. The Balaban J connectivity index is 2.05. The molecule has 1 aliphatic rings. The number of carbonyl (C=O) groups is 3. The molecule has 0 unspecified atom stereocenters. The number of nitrogens with one attached hydrogen (secondary N) is 1. The largest absolute Gasteiger partial charge is 0.462 e. The van der Waals surface area contributed by atoms with Crippen molar-refractivity contribution in [3.8, 4) is 0 Å². The van der Waals surface area contributed by atoms with Crippen LogP contribution in [0.4, 0.5) is 5.69 Å². The van der Waals surface area contributed by atoms with Crippen molar-refractivity contribution < 1.29 is 19.1 Å². The number of ether oxygens (including phenoxy) is 1. The first kappa shape index (κ1) is 19.0. The Labute approximate surface area is 148 Å². The minimum atomic E-state index is -0.478. The standard InChI is InChI=1S/C19H26N2O4/c1-3-25-19(24)16-11-7-8-12-17(16)20-18(23)13-21(14(2)22)15-9-5-4-6-10-15/h7-8,11-12,15H,3-6,9-10,13H2,1-2H3,(H,20,23). The van der Waals surface area contributed by atoms with Gasteiger partial charge in [0.05, 0.1) is 17.9 Å². The summed E-state index contributed by atoms with van der Waals surface area (Å²) in [5.74, 6) is -0.882. The molecule has 0 spiro atoms. The van der Waals surface area contributed by atoms with E-state index in [4.69, 9.17) is 4.74 Å². The molecule has 1 aromatic carbocycles. The summed E-state index contributed by atoms with van der Waals surface area (Å²) in [5, 5.41) is 2.74. The lowest BCUT2D eigenvalue weighted by atomic mass is 9.94. The van der Waals surface area contributed by atoms with E-state index in [2.05, 4.69) is 5.32 Å². The number of hydrogen-bond acceptors (Lipinski definition) is 4. The topological polar surface area (TPSA) is 75.7 Å². The van der Waals surface area contributed by atoms with Crippen LogP contribution < -0.4 is 5.32 Å². The minimum Gasteiger partial charge on any atom is -0.462 e. The van der Waals surface area contributed by atoms with Gasteiger partial charge in [0.15, 0.2) is 0 Å². The van der Waals surface area contributed by atoms with Gasteiger partial charge in [-0.2, -0.15) is 0 Å². The van der Waals surface area contributed by atoms with E-state index in [1.165, 1.54) is 13.3 Å². The van der Waals surface area contributed by atoms with E-state index in [0.29, 0.717) is 11.3 Å². The van der Waals surface area contributed by atoms with Gasteiger partial charge in [0, 0.05) is 13.0 Å². The number of amides is 2. The fraction of sp³-hybridized carbons (Fsp3) is 0.526. The van der Waals surface area contributed by atoms with Crippen LogP contribution in [0.25, 0.3) is 0 Å². The molecule has 2 amide bonds. The fourth-order valence-corrected chi connectivity index (χ4v) is 3.21. The van der Waals surface area contributed by atoms with Gasteiger partial charge in [-0.15, -0.1) is 0 Å². The molecule has 0 saturated heterocycles. The normalized spacial score (nSPS) is 14.6. The molecule has 1 aliphatic carbocycles. The highest BCUT2D eigenvalue weighted by Gasteiger charge is 2.25. The summed E-state index contributed by atoms with van der Waals surface area (Å²) in [6, 6.07) is 6.84. The van der Waals surface area contributed by atoms with Gasteiger partial charge < -0.3 is 15.0 Å². The summed E-state index contributed by atoms with van der Waals surface area (Å²) in [6.45, 7) is 3.49. The van der Waals surface area contributed by atoms with Crippen molar-refractivity contribution in [2.45, 2.75) is 52.0 Å². The molecule has 6 heteroatoms. The van der Waals surface area contributed by atoms with Gasteiger partial charge in [0.1, 0.15) is 6.54 Å². The Kier molecular flexibility index (Phi) is 6.98. The molecule has 0 bridgehead atoms. The number of rotatable bonds is 6.